The minimum absolute atomic E-state index is 0.148. The number of benzene rings is 1. The number of para-hydroxylation sites is 1. The Labute approximate surface area is 164 Å². The van der Waals surface area contributed by atoms with Crippen LogP contribution in [0.4, 0.5) is 0 Å². The lowest BCUT2D eigenvalue weighted by Gasteiger charge is -2.03. The summed E-state index contributed by atoms with van der Waals surface area (Å²) in [5, 5.41) is 7.97. The number of nitrogens with zero attached hydrogens (tertiary/aromatic N) is 5. The van der Waals surface area contributed by atoms with Crippen molar-refractivity contribution in [2.75, 3.05) is 7.11 Å². The van der Waals surface area contributed by atoms with Crippen LogP contribution in [0, 0.1) is 0 Å². The highest BCUT2D eigenvalue weighted by atomic mass is 16.5. The van der Waals surface area contributed by atoms with Crippen molar-refractivity contribution in [3.8, 4) is 28.7 Å². The molecule has 4 aromatic rings. The second-order valence-corrected chi connectivity index (χ2v) is 6.80. The predicted molar refractivity (Wildman–Crippen MR) is 101 cm³/mol. The maximum atomic E-state index is 12.9. The summed E-state index contributed by atoms with van der Waals surface area (Å²) in [6.07, 6.45) is 3.78. The number of hydrogen-bond donors (Lipinski definition) is 0. The Balaban J connectivity index is 1.42. The van der Waals surface area contributed by atoms with Crippen molar-refractivity contribution >= 4 is 0 Å². The maximum Gasteiger partial charge on any atom is 0.263 e. The first-order chi connectivity index (χ1) is 14.2. The SMILES string of the molecule is COc1ccccc1-c1nc(Cn2cccc(-c3nc(C4CC4)no3)c2=O)no1. The van der Waals surface area contributed by atoms with Gasteiger partial charge in [-0.3, -0.25) is 4.79 Å². The number of hydrogen-bond acceptors (Lipinski definition) is 8. The van der Waals surface area contributed by atoms with E-state index in [0.717, 1.165) is 12.8 Å². The van der Waals surface area contributed by atoms with Gasteiger partial charge in [0, 0.05) is 12.1 Å². The molecule has 3 aromatic heterocycles. The Kier molecular flexibility index (Phi) is 4.19. The molecule has 0 aliphatic heterocycles. The average molecular weight is 391 g/mol. The Bertz CT molecular complexity index is 1220. The van der Waals surface area contributed by atoms with Crippen molar-refractivity contribution in [3.05, 3.63) is 64.6 Å². The van der Waals surface area contributed by atoms with Crippen LogP contribution < -0.4 is 10.3 Å². The fourth-order valence-electron chi connectivity index (χ4n) is 3.08. The molecule has 0 saturated heterocycles. The molecular formula is C20H17N5O4. The number of aromatic nitrogens is 5. The standard InChI is InChI=1S/C20H17N5O4/c1-27-15-7-3-2-5-13(15)18-21-16(23-28-18)11-25-10-4-6-14(20(25)26)19-22-17(24-29-19)12-8-9-12/h2-7,10,12H,8-9,11H2,1H3. The summed E-state index contributed by atoms with van der Waals surface area (Å²) in [4.78, 5) is 21.6. The van der Waals surface area contributed by atoms with Crippen LogP contribution in [0.5, 0.6) is 5.75 Å². The van der Waals surface area contributed by atoms with Gasteiger partial charge in [0.1, 0.15) is 11.3 Å². The van der Waals surface area contributed by atoms with Crippen LogP contribution in [0.3, 0.4) is 0 Å². The molecule has 0 bridgehead atoms. The van der Waals surface area contributed by atoms with Crippen LogP contribution >= 0.6 is 0 Å². The van der Waals surface area contributed by atoms with Crippen LogP contribution in [-0.4, -0.2) is 32.0 Å². The summed E-state index contributed by atoms with van der Waals surface area (Å²) >= 11 is 0. The third kappa shape index (κ3) is 3.31. The number of ether oxygens (including phenoxy) is 1. The zero-order valence-electron chi connectivity index (χ0n) is 15.6. The summed E-state index contributed by atoms with van der Waals surface area (Å²) < 4.78 is 17.5. The second-order valence-electron chi connectivity index (χ2n) is 6.80. The molecule has 9 nitrogen and oxygen atoms in total. The van der Waals surface area contributed by atoms with Gasteiger partial charge in [0.05, 0.1) is 19.2 Å². The van der Waals surface area contributed by atoms with Gasteiger partial charge in [-0.1, -0.05) is 22.4 Å². The molecule has 0 radical (unpaired) electrons. The van der Waals surface area contributed by atoms with E-state index in [1.165, 1.54) is 4.57 Å². The van der Waals surface area contributed by atoms with Crippen molar-refractivity contribution < 1.29 is 13.8 Å². The van der Waals surface area contributed by atoms with E-state index < -0.39 is 0 Å². The van der Waals surface area contributed by atoms with Gasteiger partial charge in [0.2, 0.25) is 0 Å². The summed E-state index contributed by atoms with van der Waals surface area (Å²) in [5.41, 5.74) is 0.774. The number of pyridine rings is 1. The van der Waals surface area contributed by atoms with Gasteiger partial charge in [-0.2, -0.15) is 9.97 Å². The lowest BCUT2D eigenvalue weighted by molar-refractivity contribution is 0.402. The molecule has 9 heteroatoms. The molecular weight excluding hydrogens is 374 g/mol. The Morgan fingerprint density at radius 2 is 1.79 bits per heavy atom. The summed E-state index contributed by atoms with van der Waals surface area (Å²) in [7, 11) is 1.58. The van der Waals surface area contributed by atoms with Crippen molar-refractivity contribution in [2.24, 2.45) is 0 Å². The number of methoxy groups -OCH3 is 1. The first-order valence-electron chi connectivity index (χ1n) is 9.22. The second kappa shape index (κ2) is 7.01. The van der Waals surface area contributed by atoms with E-state index in [1.807, 2.05) is 24.3 Å². The van der Waals surface area contributed by atoms with Crippen LogP contribution in [0.2, 0.25) is 0 Å². The molecule has 0 unspecified atom stereocenters. The van der Waals surface area contributed by atoms with Gasteiger partial charge in [-0.05, 0) is 37.1 Å². The minimum atomic E-state index is -0.262. The van der Waals surface area contributed by atoms with Gasteiger partial charge in [0.25, 0.3) is 17.3 Å². The summed E-state index contributed by atoms with van der Waals surface area (Å²) in [5.74, 6) is 2.57. The number of rotatable bonds is 6. The van der Waals surface area contributed by atoms with Crippen LogP contribution in [0.15, 0.2) is 56.4 Å². The largest absolute Gasteiger partial charge is 0.496 e. The molecule has 0 N–H and O–H groups in total. The zero-order valence-corrected chi connectivity index (χ0v) is 15.6. The van der Waals surface area contributed by atoms with E-state index >= 15 is 0 Å². The molecule has 1 aliphatic rings. The molecule has 1 saturated carbocycles. The molecule has 3 heterocycles. The van der Waals surface area contributed by atoms with Crippen molar-refractivity contribution in [1.82, 2.24) is 24.8 Å². The van der Waals surface area contributed by atoms with E-state index in [1.54, 1.807) is 25.4 Å². The quantitative estimate of drug-likeness (QED) is 0.493. The van der Waals surface area contributed by atoms with Crippen LogP contribution in [0.25, 0.3) is 22.9 Å². The maximum absolute atomic E-state index is 12.9. The van der Waals surface area contributed by atoms with E-state index in [0.29, 0.717) is 40.3 Å². The summed E-state index contributed by atoms with van der Waals surface area (Å²) in [6.45, 7) is 0.148. The fourth-order valence-corrected chi connectivity index (χ4v) is 3.08. The minimum Gasteiger partial charge on any atom is -0.496 e. The molecule has 0 spiro atoms. The molecule has 146 valence electrons. The smallest absolute Gasteiger partial charge is 0.263 e. The van der Waals surface area contributed by atoms with E-state index in [2.05, 4.69) is 20.3 Å². The van der Waals surface area contributed by atoms with Crippen molar-refractivity contribution in [3.63, 3.8) is 0 Å². The molecule has 0 atom stereocenters. The summed E-state index contributed by atoms with van der Waals surface area (Å²) in [6, 6.07) is 10.8. The van der Waals surface area contributed by atoms with Gasteiger partial charge in [-0.15, -0.1) is 0 Å². The molecule has 1 aromatic carbocycles. The first kappa shape index (κ1) is 17.4. The topological polar surface area (TPSA) is 109 Å². The monoisotopic (exact) mass is 391 g/mol. The molecule has 1 fully saturated rings. The van der Waals surface area contributed by atoms with Gasteiger partial charge in [-0.25, -0.2) is 0 Å². The average Bonchev–Trinajstić information content (AvgIpc) is 3.30. The third-order valence-electron chi connectivity index (χ3n) is 4.75. The van der Waals surface area contributed by atoms with Crippen LogP contribution in [-0.2, 0) is 6.54 Å². The lowest BCUT2D eigenvalue weighted by atomic mass is 10.2. The zero-order chi connectivity index (χ0) is 19.8. The highest BCUT2D eigenvalue weighted by Gasteiger charge is 2.29. The Morgan fingerprint density at radius 3 is 2.62 bits per heavy atom. The predicted octanol–water partition coefficient (Wildman–Crippen LogP) is 2.88. The third-order valence-corrected chi connectivity index (χ3v) is 4.75. The van der Waals surface area contributed by atoms with Gasteiger partial charge >= 0.3 is 0 Å². The fraction of sp³-hybridized carbons (Fsp3) is 0.250. The highest BCUT2D eigenvalue weighted by molar-refractivity contribution is 5.62. The Hall–Kier alpha value is -3.75. The lowest BCUT2D eigenvalue weighted by Crippen LogP contribution is -2.22. The molecule has 1 aliphatic carbocycles. The first-order valence-corrected chi connectivity index (χ1v) is 9.22. The van der Waals surface area contributed by atoms with Crippen molar-refractivity contribution in [2.45, 2.75) is 25.3 Å². The molecule has 0 amide bonds. The van der Waals surface area contributed by atoms with E-state index in [-0.39, 0.29) is 18.0 Å². The van der Waals surface area contributed by atoms with Crippen molar-refractivity contribution in [1.29, 1.82) is 0 Å². The van der Waals surface area contributed by atoms with Gasteiger partial charge in [0.15, 0.2) is 11.6 Å². The van der Waals surface area contributed by atoms with Gasteiger partial charge < -0.3 is 18.4 Å². The normalized spacial score (nSPS) is 13.6. The van der Waals surface area contributed by atoms with Crippen LogP contribution in [0.1, 0.15) is 30.4 Å². The van der Waals surface area contributed by atoms with E-state index in [9.17, 15) is 4.79 Å². The van der Waals surface area contributed by atoms with E-state index in [4.69, 9.17) is 13.8 Å². The molecule has 29 heavy (non-hydrogen) atoms. The highest BCUT2D eigenvalue weighted by Crippen LogP contribution is 2.38. The molecule has 5 rings (SSSR count). The Morgan fingerprint density at radius 1 is 1.03 bits per heavy atom.